The molecule has 1 aliphatic rings. The first-order valence-electron chi connectivity index (χ1n) is 11.6. The molecule has 12 heteroatoms. The summed E-state index contributed by atoms with van der Waals surface area (Å²) in [6, 6.07) is 19.7. The fraction of sp³-hybridized carbons (Fsp3) is 0.0769. The summed E-state index contributed by atoms with van der Waals surface area (Å²) in [7, 11) is -3.85. The average Bonchev–Trinajstić information content (AvgIpc) is 3.24. The molecule has 6 rings (SSSR count). The lowest BCUT2D eigenvalue weighted by atomic mass is 10.0. The van der Waals surface area contributed by atoms with Crippen LogP contribution in [-0.2, 0) is 14.8 Å². The summed E-state index contributed by atoms with van der Waals surface area (Å²) >= 11 is 1.36. The molecule has 0 radical (unpaired) electrons. The number of hydrogen-bond acceptors (Lipinski definition) is 9. The van der Waals surface area contributed by atoms with E-state index in [1.54, 1.807) is 6.07 Å². The van der Waals surface area contributed by atoms with Crippen LogP contribution >= 0.6 is 11.8 Å². The van der Waals surface area contributed by atoms with Crippen molar-refractivity contribution in [1.82, 2.24) is 25.1 Å². The number of nitrogens with one attached hydrogen (secondary N) is 2. The lowest BCUT2D eigenvalue weighted by Crippen LogP contribution is -2.15. The van der Waals surface area contributed by atoms with Gasteiger partial charge in [0.15, 0.2) is 0 Å². The number of amides is 1. The van der Waals surface area contributed by atoms with Crippen LogP contribution in [0.2, 0.25) is 0 Å². The number of anilines is 2. The van der Waals surface area contributed by atoms with Crippen LogP contribution in [0.15, 0.2) is 89.2 Å². The molecule has 10 nitrogen and oxygen atoms in total. The Labute approximate surface area is 222 Å². The molecule has 0 saturated carbocycles. The van der Waals surface area contributed by atoms with Gasteiger partial charge in [-0.05, 0) is 35.7 Å². The molecule has 0 unspecified atom stereocenters. The molecule has 2 aromatic heterocycles. The van der Waals surface area contributed by atoms with Crippen LogP contribution in [0, 0.1) is 0 Å². The first kappa shape index (κ1) is 23.9. The van der Waals surface area contributed by atoms with E-state index in [1.165, 1.54) is 48.4 Å². The standard InChI is InChI=1S/C26H19N7O3S2/c34-21(29-17-8-10-18(11-9-17)38(35,36)33-25-27-13-3-14-28-25)12-15-37-26-30-23-19-6-1-4-16-5-2-7-20(22(16)19)24(23)31-32-26/h1-11,13-14H,12,15H2,(H,29,34)(H,27,28,33). The molecule has 0 aliphatic heterocycles. The maximum Gasteiger partial charge on any atom is 0.264 e. The molecule has 1 amide bonds. The van der Waals surface area contributed by atoms with E-state index in [1.807, 2.05) is 24.3 Å². The van der Waals surface area contributed by atoms with Gasteiger partial charge in [-0.3, -0.25) is 4.79 Å². The van der Waals surface area contributed by atoms with E-state index in [4.69, 9.17) is 4.98 Å². The Hall–Kier alpha value is -4.42. The molecule has 38 heavy (non-hydrogen) atoms. The molecule has 5 aromatic rings. The van der Waals surface area contributed by atoms with Crippen LogP contribution < -0.4 is 10.0 Å². The molecule has 2 heterocycles. The zero-order valence-electron chi connectivity index (χ0n) is 19.7. The second-order valence-electron chi connectivity index (χ2n) is 8.35. The summed E-state index contributed by atoms with van der Waals surface area (Å²) in [5, 5.41) is 14.2. The predicted molar refractivity (Wildman–Crippen MR) is 145 cm³/mol. The quantitative estimate of drug-likeness (QED) is 0.269. The molecule has 0 bridgehead atoms. The van der Waals surface area contributed by atoms with Gasteiger partial charge in [0.2, 0.25) is 17.0 Å². The Kier molecular flexibility index (Phi) is 6.18. The Bertz CT molecular complexity index is 1780. The molecular formula is C26H19N7O3S2. The summed E-state index contributed by atoms with van der Waals surface area (Å²) < 4.78 is 27.3. The van der Waals surface area contributed by atoms with Crippen molar-refractivity contribution in [2.45, 2.75) is 16.5 Å². The Morgan fingerprint density at radius 2 is 1.55 bits per heavy atom. The topological polar surface area (TPSA) is 140 Å². The van der Waals surface area contributed by atoms with E-state index in [-0.39, 0.29) is 23.2 Å². The Balaban J connectivity index is 1.06. The van der Waals surface area contributed by atoms with Crippen LogP contribution in [0.5, 0.6) is 0 Å². The number of thioether (sulfide) groups is 1. The van der Waals surface area contributed by atoms with Crippen LogP contribution in [0.3, 0.4) is 0 Å². The van der Waals surface area contributed by atoms with Gasteiger partial charge in [-0.2, -0.15) is 0 Å². The third-order valence-electron chi connectivity index (χ3n) is 5.88. The average molecular weight is 542 g/mol. The van der Waals surface area contributed by atoms with E-state index < -0.39 is 10.0 Å². The molecule has 0 saturated heterocycles. The van der Waals surface area contributed by atoms with Gasteiger partial charge in [0.1, 0.15) is 11.4 Å². The SMILES string of the molecule is O=C(CCSc1nnc2c(n1)-c1cccc3cccc-2c13)Nc1ccc(S(=O)(=O)Nc2ncccn2)cc1. The van der Waals surface area contributed by atoms with Gasteiger partial charge in [0.05, 0.1) is 4.90 Å². The summed E-state index contributed by atoms with van der Waals surface area (Å²) in [5.74, 6) is 0.221. The number of rotatable bonds is 8. The van der Waals surface area contributed by atoms with E-state index in [9.17, 15) is 13.2 Å². The highest BCUT2D eigenvalue weighted by molar-refractivity contribution is 7.99. The number of aromatic nitrogens is 5. The van der Waals surface area contributed by atoms with Gasteiger partial charge < -0.3 is 5.32 Å². The predicted octanol–water partition coefficient (Wildman–Crippen LogP) is 4.38. The lowest BCUT2D eigenvalue weighted by molar-refractivity contribution is -0.115. The van der Waals surface area contributed by atoms with Crippen molar-refractivity contribution >= 4 is 50.1 Å². The van der Waals surface area contributed by atoms with Crippen molar-refractivity contribution in [1.29, 1.82) is 0 Å². The van der Waals surface area contributed by atoms with Gasteiger partial charge in [0.25, 0.3) is 10.0 Å². The first-order chi connectivity index (χ1) is 18.5. The zero-order chi connectivity index (χ0) is 26.1. The van der Waals surface area contributed by atoms with Crippen LogP contribution in [0.1, 0.15) is 6.42 Å². The number of carbonyl (C=O) groups is 1. The van der Waals surface area contributed by atoms with Crippen LogP contribution in [-0.4, -0.2) is 45.2 Å². The summed E-state index contributed by atoms with van der Waals surface area (Å²) in [6.07, 6.45) is 3.09. The van der Waals surface area contributed by atoms with Gasteiger partial charge in [-0.25, -0.2) is 28.1 Å². The van der Waals surface area contributed by atoms with Crippen molar-refractivity contribution in [3.8, 4) is 22.5 Å². The van der Waals surface area contributed by atoms with E-state index in [0.717, 1.165) is 33.3 Å². The fourth-order valence-electron chi connectivity index (χ4n) is 4.18. The summed E-state index contributed by atoms with van der Waals surface area (Å²) in [4.78, 5) is 24.9. The van der Waals surface area contributed by atoms with Crippen molar-refractivity contribution in [2.75, 3.05) is 15.8 Å². The van der Waals surface area contributed by atoms with Gasteiger partial charge in [-0.1, -0.05) is 48.2 Å². The summed E-state index contributed by atoms with van der Waals surface area (Å²) in [6.45, 7) is 0. The van der Waals surface area contributed by atoms with E-state index in [2.05, 4.69) is 42.3 Å². The maximum absolute atomic E-state index is 12.5. The van der Waals surface area contributed by atoms with Crippen molar-refractivity contribution in [2.24, 2.45) is 0 Å². The number of fused-ring (bicyclic) bond motifs is 3. The summed E-state index contributed by atoms with van der Waals surface area (Å²) in [5.41, 5.74) is 4.14. The molecule has 1 aliphatic carbocycles. The second kappa shape index (κ2) is 9.80. The van der Waals surface area contributed by atoms with Crippen molar-refractivity contribution in [3.63, 3.8) is 0 Å². The van der Waals surface area contributed by atoms with Crippen molar-refractivity contribution < 1.29 is 13.2 Å². The highest BCUT2D eigenvalue weighted by Gasteiger charge is 2.25. The van der Waals surface area contributed by atoms with Crippen molar-refractivity contribution in [3.05, 3.63) is 79.1 Å². The van der Waals surface area contributed by atoms with E-state index in [0.29, 0.717) is 16.6 Å². The maximum atomic E-state index is 12.5. The highest BCUT2D eigenvalue weighted by atomic mass is 32.2. The molecule has 3 aromatic carbocycles. The van der Waals surface area contributed by atoms with Crippen LogP contribution in [0.25, 0.3) is 33.3 Å². The molecule has 0 spiro atoms. The third-order valence-corrected chi connectivity index (χ3v) is 8.07. The van der Waals surface area contributed by atoms with Gasteiger partial charge in [-0.15, -0.1) is 10.2 Å². The van der Waals surface area contributed by atoms with E-state index >= 15 is 0 Å². The minimum Gasteiger partial charge on any atom is -0.326 e. The molecular weight excluding hydrogens is 522 g/mol. The number of benzene rings is 3. The molecule has 2 N–H and O–H groups in total. The second-order valence-corrected chi connectivity index (χ2v) is 11.1. The minimum atomic E-state index is -3.85. The molecule has 0 fully saturated rings. The third kappa shape index (κ3) is 4.66. The molecule has 0 atom stereocenters. The Morgan fingerprint density at radius 3 is 2.29 bits per heavy atom. The van der Waals surface area contributed by atoms with Gasteiger partial charge >= 0.3 is 0 Å². The smallest absolute Gasteiger partial charge is 0.264 e. The monoisotopic (exact) mass is 541 g/mol. The Morgan fingerprint density at radius 1 is 0.842 bits per heavy atom. The largest absolute Gasteiger partial charge is 0.326 e. The van der Waals surface area contributed by atoms with Gasteiger partial charge in [0, 0.05) is 46.8 Å². The normalized spacial score (nSPS) is 11.8. The fourth-order valence-corrected chi connectivity index (χ4v) is 5.87. The number of carbonyl (C=O) groups excluding carboxylic acids is 1. The minimum absolute atomic E-state index is 0.0217. The molecule has 188 valence electrons. The lowest BCUT2D eigenvalue weighted by Gasteiger charge is -2.08. The number of nitrogens with zero attached hydrogens (tertiary/aromatic N) is 5. The number of hydrogen-bond donors (Lipinski definition) is 2. The number of sulfonamides is 1. The highest BCUT2D eigenvalue weighted by Crippen LogP contribution is 2.44. The van der Waals surface area contributed by atoms with Crippen LogP contribution in [0.4, 0.5) is 11.6 Å². The first-order valence-corrected chi connectivity index (χ1v) is 14.0. The zero-order valence-corrected chi connectivity index (χ0v) is 21.3.